The van der Waals surface area contributed by atoms with E-state index in [0.29, 0.717) is 5.75 Å². The van der Waals surface area contributed by atoms with Crippen LogP contribution in [0, 0.1) is 10.5 Å². The monoisotopic (exact) mass is 437 g/mol. The van der Waals surface area contributed by atoms with E-state index < -0.39 is 6.04 Å². The molecular formula is C18H20IN3O2. The van der Waals surface area contributed by atoms with Gasteiger partial charge in [0, 0.05) is 14.8 Å². The molecule has 0 aliphatic rings. The van der Waals surface area contributed by atoms with E-state index in [4.69, 9.17) is 4.74 Å². The molecule has 2 aromatic rings. The number of ether oxygens (including phenoxy) is 1. The molecule has 1 atom stereocenters. The third-order valence-electron chi connectivity index (χ3n) is 3.47. The number of aryl methyl sites for hydroxylation is 1. The number of rotatable bonds is 6. The maximum Gasteiger partial charge on any atom is 0.262 e. The van der Waals surface area contributed by atoms with Gasteiger partial charge in [0.25, 0.3) is 5.91 Å². The van der Waals surface area contributed by atoms with Crippen LogP contribution in [-0.2, 0) is 4.79 Å². The first-order chi connectivity index (χ1) is 11.5. The number of nitrogens with zero attached hydrogens (tertiary/aromatic N) is 1. The molecule has 6 heteroatoms. The number of hydrogen-bond acceptors (Lipinski definition) is 4. The first-order valence-corrected chi connectivity index (χ1v) is 8.57. The number of carbonyl (C=O) groups is 1. The van der Waals surface area contributed by atoms with Crippen molar-refractivity contribution in [1.82, 2.24) is 5.43 Å². The van der Waals surface area contributed by atoms with E-state index >= 15 is 0 Å². The first kappa shape index (κ1) is 18.3. The smallest absolute Gasteiger partial charge is 0.262 e. The van der Waals surface area contributed by atoms with Gasteiger partial charge in [-0.2, -0.15) is 5.10 Å². The molecule has 0 saturated heterocycles. The highest BCUT2D eigenvalue weighted by atomic mass is 127. The Kier molecular flexibility index (Phi) is 6.60. The fraction of sp³-hybridized carbons (Fsp3) is 0.222. The van der Waals surface area contributed by atoms with E-state index in [2.05, 4.69) is 44.5 Å². The van der Waals surface area contributed by atoms with E-state index in [9.17, 15) is 4.79 Å². The Bertz CT molecular complexity index is 747. The average Bonchev–Trinajstić information content (AvgIpc) is 2.57. The summed E-state index contributed by atoms with van der Waals surface area (Å²) < 4.78 is 6.40. The Hall–Kier alpha value is -2.09. The van der Waals surface area contributed by atoms with Crippen molar-refractivity contribution in [1.29, 1.82) is 0 Å². The fourth-order valence-electron chi connectivity index (χ4n) is 2.12. The molecule has 0 heterocycles. The second kappa shape index (κ2) is 8.68. The van der Waals surface area contributed by atoms with Crippen LogP contribution >= 0.6 is 22.6 Å². The van der Waals surface area contributed by atoms with Gasteiger partial charge in [0.2, 0.25) is 0 Å². The van der Waals surface area contributed by atoms with Crippen molar-refractivity contribution >= 4 is 40.4 Å². The van der Waals surface area contributed by atoms with E-state index in [1.165, 1.54) is 0 Å². The minimum Gasteiger partial charge on any atom is -0.496 e. The van der Waals surface area contributed by atoms with Gasteiger partial charge in [0.1, 0.15) is 11.8 Å². The highest BCUT2D eigenvalue weighted by Gasteiger charge is 2.12. The fourth-order valence-corrected chi connectivity index (χ4v) is 2.77. The lowest BCUT2D eigenvalue weighted by molar-refractivity contribution is -0.121. The maximum atomic E-state index is 12.2. The molecule has 2 aromatic carbocycles. The Morgan fingerprint density at radius 1 is 1.29 bits per heavy atom. The van der Waals surface area contributed by atoms with Gasteiger partial charge in [-0.15, -0.1) is 0 Å². The maximum absolute atomic E-state index is 12.2. The molecule has 0 saturated carbocycles. The lowest BCUT2D eigenvalue weighted by Gasteiger charge is -2.15. The molecule has 2 rings (SSSR count). The number of anilines is 1. The molecule has 0 aliphatic heterocycles. The van der Waals surface area contributed by atoms with Crippen LogP contribution < -0.4 is 15.5 Å². The zero-order valence-electron chi connectivity index (χ0n) is 13.8. The molecule has 1 amide bonds. The summed E-state index contributed by atoms with van der Waals surface area (Å²) in [5.41, 5.74) is 5.38. The summed E-state index contributed by atoms with van der Waals surface area (Å²) in [6.45, 7) is 3.81. The van der Waals surface area contributed by atoms with Crippen LogP contribution in [0.15, 0.2) is 47.6 Å². The van der Waals surface area contributed by atoms with Gasteiger partial charge in [-0.3, -0.25) is 4.79 Å². The first-order valence-electron chi connectivity index (χ1n) is 7.50. The predicted molar refractivity (Wildman–Crippen MR) is 106 cm³/mol. The van der Waals surface area contributed by atoms with Crippen molar-refractivity contribution in [2.45, 2.75) is 19.9 Å². The van der Waals surface area contributed by atoms with Crippen LogP contribution in [-0.4, -0.2) is 25.3 Å². The number of halogens is 1. The Morgan fingerprint density at radius 3 is 2.75 bits per heavy atom. The summed E-state index contributed by atoms with van der Waals surface area (Å²) in [6.07, 6.45) is 1.57. The number of hydrogen-bond donors (Lipinski definition) is 2. The quantitative estimate of drug-likeness (QED) is 0.413. The number of hydrazone groups is 1. The number of benzene rings is 2. The summed E-state index contributed by atoms with van der Waals surface area (Å²) in [7, 11) is 1.60. The normalized spacial score (nSPS) is 12.0. The molecule has 24 heavy (non-hydrogen) atoms. The Labute approximate surface area is 155 Å². The van der Waals surface area contributed by atoms with Crippen molar-refractivity contribution in [3.63, 3.8) is 0 Å². The van der Waals surface area contributed by atoms with Gasteiger partial charge in [-0.25, -0.2) is 5.43 Å². The van der Waals surface area contributed by atoms with Crippen LogP contribution in [0.1, 0.15) is 18.1 Å². The molecule has 2 N–H and O–H groups in total. The highest BCUT2D eigenvalue weighted by molar-refractivity contribution is 14.1. The van der Waals surface area contributed by atoms with Crippen molar-refractivity contribution in [2.24, 2.45) is 5.10 Å². The second-order valence-corrected chi connectivity index (χ2v) is 6.55. The Morgan fingerprint density at radius 2 is 2.04 bits per heavy atom. The van der Waals surface area contributed by atoms with E-state index in [1.807, 2.05) is 43.3 Å². The van der Waals surface area contributed by atoms with Gasteiger partial charge in [0.15, 0.2) is 0 Å². The number of nitrogens with one attached hydrogen (secondary N) is 2. The average molecular weight is 437 g/mol. The van der Waals surface area contributed by atoms with Crippen molar-refractivity contribution in [3.8, 4) is 5.75 Å². The molecule has 5 nitrogen and oxygen atoms in total. The zero-order valence-corrected chi connectivity index (χ0v) is 16.0. The molecule has 126 valence electrons. The number of amides is 1. The third-order valence-corrected chi connectivity index (χ3v) is 4.14. The molecule has 0 aromatic heterocycles. The predicted octanol–water partition coefficient (Wildman–Crippen LogP) is 3.56. The summed E-state index contributed by atoms with van der Waals surface area (Å²) in [4.78, 5) is 12.2. The second-order valence-electron chi connectivity index (χ2n) is 5.30. The topological polar surface area (TPSA) is 62.7 Å². The molecule has 0 fully saturated rings. The molecule has 0 radical (unpaired) electrons. The Balaban J connectivity index is 1.95. The highest BCUT2D eigenvalue weighted by Crippen LogP contribution is 2.18. The van der Waals surface area contributed by atoms with Crippen LogP contribution in [0.2, 0.25) is 0 Å². The summed E-state index contributed by atoms with van der Waals surface area (Å²) >= 11 is 2.26. The lowest BCUT2D eigenvalue weighted by Crippen LogP contribution is -2.35. The van der Waals surface area contributed by atoms with E-state index in [1.54, 1.807) is 20.2 Å². The van der Waals surface area contributed by atoms with Crippen molar-refractivity contribution in [3.05, 3.63) is 57.2 Å². The van der Waals surface area contributed by atoms with Crippen LogP contribution in [0.25, 0.3) is 0 Å². The minimum atomic E-state index is -0.404. The molecule has 0 bridgehead atoms. The summed E-state index contributed by atoms with van der Waals surface area (Å²) in [5, 5.41) is 7.20. The third kappa shape index (κ3) is 4.95. The largest absolute Gasteiger partial charge is 0.496 e. The minimum absolute atomic E-state index is 0.209. The molecule has 0 spiro atoms. The molecular weight excluding hydrogens is 417 g/mol. The van der Waals surface area contributed by atoms with Crippen molar-refractivity contribution in [2.75, 3.05) is 12.4 Å². The van der Waals surface area contributed by atoms with E-state index in [-0.39, 0.29) is 5.91 Å². The van der Waals surface area contributed by atoms with Gasteiger partial charge in [0.05, 0.1) is 13.3 Å². The van der Waals surface area contributed by atoms with Gasteiger partial charge >= 0.3 is 0 Å². The van der Waals surface area contributed by atoms with Gasteiger partial charge < -0.3 is 10.1 Å². The zero-order chi connectivity index (χ0) is 17.5. The number of carbonyl (C=O) groups excluding carboxylic acids is 1. The summed E-state index contributed by atoms with van der Waals surface area (Å²) in [6, 6.07) is 13.1. The lowest BCUT2D eigenvalue weighted by atomic mass is 10.2. The van der Waals surface area contributed by atoms with Gasteiger partial charge in [-0.05, 0) is 72.3 Å². The standard InChI is InChI=1S/C18H20IN3O2/c1-12-10-15(19)8-9-16(12)21-13(2)18(23)22-20-11-14-6-4-5-7-17(14)24-3/h4-11,13,21H,1-3H3,(H,22,23). The SMILES string of the molecule is COc1ccccc1C=NNC(=O)C(C)Nc1ccc(I)cc1C. The van der Waals surface area contributed by atoms with Crippen molar-refractivity contribution < 1.29 is 9.53 Å². The van der Waals surface area contributed by atoms with E-state index in [0.717, 1.165) is 20.4 Å². The molecule has 1 unspecified atom stereocenters. The molecule has 0 aliphatic carbocycles. The summed E-state index contributed by atoms with van der Waals surface area (Å²) in [5.74, 6) is 0.496. The van der Waals surface area contributed by atoms with Crippen LogP contribution in [0.3, 0.4) is 0 Å². The van der Waals surface area contributed by atoms with Crippen LogP contribution in [0.5, 0.6) is 5.75 Å². The van der Waals surface area contributed by atoms with Gasteiger partial charge in [-0.1, -0.05) is 12.1 Å². The number of para-hydroxylation sites is 1. The van der Waals surface area contributed by atoms with Crippen LogP contribution in [0.4, 0.5) is 5.69 Å². The number of methoxy groups -OCH3 is 1.